The maximum absolute atomic E-state index is 10.5. The molecule has 1 unspecified atom stereocenters. The Bertz CT molecular complexity index is 421. The predicted octanol–water partition coefficient (Wildman–Crippen LogP) is 3.08. The molecular weight excluding hydrogens is 234 g/mol. The van der Waals surface area contributed by atoms with Crippen LogP contribution in [0.15, 0.2) is 18.2 Å². The van der Waals surface area contributed by atoms with Gasteiger partial charge in [-0.25, -0.2) is 0 Å². The van der Waals surface area contributed by atoms with Crippen molar-refractivity contribution in [3.8, 4) is 0 Å². The molecule has 1 aliphatic carbocycles. The Balaban J connectivity index is 1.64. The lowest BCUT2D eigenvalue weighted by Crippen LogP contribution is -2.29. The number of β-amino-alcohol motifs (C(OH)–C–C–N with tert-alkyl or cyclic N) is 1. The molecule has 1 fully saturated rings. The van der Waals surface area contributed by atoms with Crippen molar-refractivity contribution in [3.05, 3.63) is 34.9 Å². The minimum Gasteiger partial charge on any atom is -0.387 e. The first-order chi connectivity index (χ1) is 9.33. The molecule has 0 amide bonds. The van der Waals surface area contributed by atoms with Crippen molar-refractivity contribution in [3.63, 3.8) is 0 Å². The van der Waals surface area contributed by atoms with Crippen LogP contribution in [0.5, 0.6) is 0 Å². The van der Waals surface area contributed by atoms with E-state index in [1.54, 1.807) is 0 Å². The van der Waals surface area contributed by atoms with E-state index in [1.165, 1.54) is 56.1 Å². The van der Waals surface area contributed by atoms with Crippen LogP contribution in [-0.2, 0) is 12.8 Å². The molecule has 0 bridgehead atoms. The highest BCUT2D eigenvalue weighted by molar-refractivity contribution is 5.36. The number of aliphatic hydroxyl groups excluding tert-OH is 1. The van der Waals surface area contributed by atoms with Gasteiger partial charge in [0.2, 0.25) is 0 Å². The second kappa shape index (κ2) is 6.06. The summed E-state index contributed by atoms with van der Waals surface area (Å²) in [6.07, 6.45) is 8.66. The van der Waals surface area contributed by atoms with Crippen molar-refractivity contribution in [2.75, 3.05) is 19.6 Å². The van der Waals surface area contributed by atoms with Gasteiger partial charge < -0.3 is 10.0 Å². The van der Waals surface area contributed by atoms with Gasteiger partial charge in [-0.2, -0.15) is 0 Å². The molecule has 0 saturated carbocycles. The highest BCUT2D eigenvalue weighted by Crippen LogP contribution is 2.26. The fraction of sp³-hybridized carbons (Fsp3) is 0.647. The number of hydrogen-bond acceptors (Lipinski definition) is 2. The van der Waals surface area contributed by atoms with Crippen molar-refractivity contribution < 1.29 is 5.11 Å². The lowest BCUT2D eigenvalue weighted by molar-refractivity contribution is 0.115. The van der Waals surface area contributed by atoms with Crippen molar-refractivity contribution in [1.82, 2.24) is 4.90 Å². The molecule has 1 heterocycles. The molecule has 19 heavy (non-hydrogen) atoms. The van der Waals surface area contributed by atoms with Gasteiger partial charge in [-0.05, 0) is 61.9 Å². The smallest absolute Gasteiger partial charge is 0.0917 e. The molecule has 104 valence electrons. The molecule has 1 aliphatic heterocycles. The molecular formula is C17H25NO. The van der Waals surface area contributed by atoms with Crippen LogP contribution in [0.25, 0.3) is 0 Å². The van der Waals surface area contributed by atoms with Gasteiger partial charge in [-0.3, -0.25) is 0 Å². The molecule has 0 aromatic heterocycles. The van der Waals surface area contributed by atoms with Gasteiger partial charge in [-0.15, -0.1) is 0 Å². The number of benzene rings is 1. The number of aliphatic hydroxyl groups is 1. The van der Waals surface area contributed by atoms with E-state index in [4.69, 9.17) is 0 Å². The summed E-state index contributed by atoms with van der Waals surface area (Å²) in [4.78, 5) is 2.44. The topological polar surface area (TPSA) is 23.5 Å². The Morgan fingerprint density at radius 1 is 0.947 bits per heavy atom. The van der Waals surface area contributed by atoms with Crippen LogP contribution in [0.2, 0.25) is 0 Å². The summed E-state index contributed by atoms with van der Waals surface area (Å²) in [5, 5.41) is 10.5. The van der Waals surface area contributed by atoms with Crippen molar-refractivity contribution in [1.29, 1.82) is 0 Å². The molecule has 1 atom stereocenters. The third-order valence-corrected chi connectivity index (χ3v) is 4.64. The van der Waals surface area contributed by atoms with Crippen LogP contribution < -0.4 is 0 Å². The first kappa shape index (κ1) is 13.1. The van der Waals surface area contributed by atoms with E-state index in [9.17, 15) is 5.11 Å². The Morgan fingerprint density at radius 3 is 2.47 bits per heavy atom. The van der Waals surface area contributed by atoms with Gasteiger partial charge in [-0.1, -0.05) is 31.0 Å². The van der Waals surface area contributed by atoms with Gasteiger partial charge in [0.05, 0.1) is 6.10 Å². The number of fused-ring (bicyclic) bond motifs is 1. The summed E-state index contributed by atoms with van der Waals surface area (Å²) in [5.74, 6) is 0. The predicted molar refractivity (Wildman–Crippen MR) is 78.3 cm³/mol. The van der Waals surface area contributed by atoms with Gasteiger partial charge in [0.25, 0.3) is 0 Å². The first-order valence-corrected chi connectivity index (χ1v) is 7.85. The van der Waals surface area contributed by atoms with Gasteiger partial charge >= 0.3 is 0 Å². The number of aryl methyl sites for hydroxylation is 2. The minimum atomic E-state index is -0.316. The van der Waals surface area contributed by atoms with Crippen molar-refractivity contribution >= 4 is 0 Å². The third kappa shape index (κ3) is 3.18. The molecule has 3 rings (SSSR count). The molecule has 0 spiro atoms. The fourth-order valence-corrected chi connectivity index (χ4v) is 3.47. The molecule has 1 aromatic rings. The summed E-state index contributed by atoms with van der Waals surface area (Å²) in [7, 11) is 0. The average Bonchev–Trinajstić information content (AvgIpc) is 2.75. The summed E-state index contributed by atoms with van der Waals surface area (Å²) in [5.41, 5.74) is 4.07. The second-order valence-corrected chi connectivity index (χ2v) is 6.11. The largest absolute Gasteiger partial charge is 0.387 e. The molecule has 1 N–H and O–H groups in total. The highest BCUT2D eigenvalue weighted by atomic mass is 16.3. The van der Waals surface area contributed by atoms with Crippen molar-refractivity contribution in [2.24, 2.45) is 0 Å². The monoisotopic (exact) mass is 259 g/mol. The van der Waals surface area contributed by atoms with Gasteiger partial charge in [0, 0.05) is 6.54 Å². The molecule has 2 aliphatic rings. The SMILES string of the molecule is OC(CN1CCCCCC1)c1ccc2c(c1)CCC2. The summed E-state index contributed by atoms with van der Waals surface area (Å²) < 4.78 is 0. The average molecular weight is 259 g/mol. The van der Waals surface area contributed by atoms with E-state index >= 15 is 0 Å². The van der Waals surface area contributed by atoms with Gasteiger partial charge in [0.1, 0.15) is 0 Å². The molecule has 0 radical (unpaired) electrons. The van der Waals surface area contributed by atoms with E-state index in [0.717, 1.165) is 25.2 Å². The number of nitrogens with zero attached hydrogens (tertiary/aromatic N) is 1. The quantitative estimate of drug-likeness (QED) is 0.901. The number of hydrogen-bond donors (Lipinski definition) is 1. The van der Waals surface area contributed by atoms with E-state index in [1.807, 2.05) is 0 Å². The summed E-state index contributed by atoms with van der Waals surface area (Å²) >= 11 is 0. The normalized spacial score (nSPS) is 21.9. The number of likely N-dealkylation sites (tertiary alicyclic amines) is 1. The Hall–Kier alpha value is -0.860. The Labute approximate surface area is 116 Å². The Kier molecular flexibility index (Phi) is 4.19. The first-order valence-electron chi connectivity index (χ1n) is 7.85. The van der Waals surface area contributed by atoms with E-state index in [2.05, 4.69) is 23.1 Å². The summed E-state index contributed by atoms with van der Waals surface area (Å²) in [6, 6.07) is 6.60. The van der Waals surface area contributed by atoms with Crippen molar-refractivity contribution in [2.45, 2.75) is 51.0 Å². The van der Waals surface area contributed by atoms with Crippen LogP contribution in [-0.4, -0.2) is 29.6 Å². The van der Waals surface area contributed by atoms with Crippen LogP contribution >= 0.6 is 0 Å². The minimum absolute atomic E-state index is 0.316. The highest BCUT2D eigenvalue weighted by Gasteiger charge is 2.17. The van der Waals surface area contributed by atoms with E-state index < -0.39 is 0 Å². The fourth-order valence-electron chi connectivity index (χ4n) is 3.47. The third-order valence-electron chi connectivity index (χ3n) is 4.64. The molecule has 1 aromatic carbocycles. The van der Waals surface area contributed by atoms with E-state index in [-0.39, 0.29) is 6.10 Å². The molecule has 2 heteroatoms. The van der Waals surface area contributed by atoms with E-state index in [0.29, 0.717) is 0 Å². The second-order valence-electron chi connectivity index (χ2n) is 6.11. The zero-order valence-corrected chi connectivity index (χ0v) is 11.8. The van der Waals surface area contributed by atoms with Crippen LogP contribution in [0, 0.1) is 0 Å². The Morgan fingerprint density at radius 2 is 1.68 bits per heavy atom. The lowest BCUT2D eigenvalue weighted by Gasteiger charge is -2.23. The zero-order chi connectivity index (χ0) is 13.1. The standard InChI is InChI=1S/C17H25NO/c19-17(13-18-10-3-1-2-4-11-18)16-9-8-14-6-5-7-15(14)12-16/h8-9,12,17,19H,1-7,10-11,13H2. The van der Waals surface area contributed by atoms with Crippen LogP contribution in [0.4, 0.5) is 0 Å². The number of rotatable bonds is 3. The lowest BCUT2D eigenvalue weighted by atomic mass is 10.0. The molecule has 1 saturated heterocycles. The van der Waals surface area contributed by atoms with Crippen LogP contribution in [0.3, 0.4) is 0 Å². The van der Waals surface area contributed by atoms with Crippen LogP contribution in [0.1, 0.15) is 54.9 Å². The summed E-state index contributed by atoms with van der Waals surface area (Å²) in [6.45, 7) is 3.11. The molecule has 2 nitrogen and oxygen atoms in total. The maximum Gasteiger partial charge on any atom is 0.0917 e. The zero-order valence-electron chi connectivity index (χ0n) is 11.8. The maximum atomic E-state index is 10.5. The van der Waals surface area contributed by atoms with Gasteiger partial charge in [0.15, 0.2) is 0 Å².